The number of thioether (sulfide) groups is 1. The number of nitrogens with one attached hydrogen (secondary N) is 2. The highest BCUT2D eigenvalue weighted by molar-refractivity contribution is 8.00. The molecular weight excluding hydrogens is 370 g/mol. The molecule has 0 saturated carbocycles. The van der Waals surface area contributed by atoms with Crippen molar-refractivity contribution >= 4 is 40.0 Å². The maximum absolute atomic E-state index is 12.2. The highest BCUT2D eigenvalue weighted by Gasteiger charge is 2.40. The van der Waals surface area contributed by atoms with Gasteiger partial charge in [-0.05, 0) is 46.6 Å². The third-order valence-electron chi connectivity index (χ3n) is 3.97. The van der Waals surface area contributed by atoms with Crippen LogP contribution in [0.4, 0.5) is 5.00 Å². The zero-order valence-corrected chi connectivity index (χ0v) is 17.4. The first-order chi connectivity index (χ1) is 12.1. The molecule has 1 amide bonds. The van der Waals surface area contributed by atoms with E-state index in [0.29, 0.717) is 17.2 Å². The molecule has 0 radical (unpaired) electrons. The number of rotatable bonds is 6. The van der Waals surface area contributed by atoms with E-state index in [1.807, 2.05) is 0 Å². The normalized spacial score (nSPS) is 17.1. The largest absolute Gasteiger partial charge is 0.465 e. The summed E-state index contributed by atoms with van der Waals surface area (Å²) in [6.45, 7) is 10.5. The minimum absolute atomic E-state index is 0.125. The standard InChI is InChI=1S/C18H25N3O3S2/c1-6-24-14(23)10-25-9-13(22)20-16-12(8-19)11-7-17(2,3)21-18(4,5)15(11)26-16/h21H,6-7,9-10H2,1-5H3,(H,20,22). The summed E-state index contributed by atoms with van der Waals surface area (Å²) in [5.74, 6) is -0.276. The van der Waals surface area contributed by atoms with Gasteiger partial charge in [-0.3, -0.25) is 9.59 Å². The van der Waals surface area contributed by atoms with E-state index < -0.39 is 0 Å². The van der Waals surface area contributed by atoms with Crippen molar-refractivity contribution in [2.24, 2.45) is 0 Å². The van der Waals surface area contributed by atoms with E-state index in [9.17, 15) is 14.9 Å². The Bertz CT molecular complexity index is 748. The summed E-state index contributed by atoms with van der Waals surface area (Å²) < 4.78 is 4.84. The molecule has 0 saturated heterocycles. The van der Waals surface area contributed by atoms with E-state index in [0.717, 1.165) is 16.9 Å². The number of carbonyl (C=O) groups excluding carboxylic acids is 2. The Kier molecular flexibility index (Phi) is 6.37. The fourth-order valence-corrected chi connectivity index (χ4v) is 5.18. The lowest BCUT2D eigenvalue weighted by atomic mass is 9.81. The molecule has 2 N–H and O–H groups in total. The van der Waals surface area contributed by atoms with Crippen LogP contribution in [0.5, 0.6) is 0 Å². The lowest BCUT2D eigenvalue weighted by Crippen LogP contribution is -2.54. The lowest BCUT2D eigenvalue weighted by molar-refractivity contribution is -0.139. The van der Waals surface area contributed by atoms with Crippen molar-refractivity contribution in [3.05, 3.63) is 16.0 Å². The van der Waals surface area contributed by atoms with Gasteiger partial charge in [0.25, 0.3) is 0 Å². The predicted molar refractivity (Wildman–Crippen MR) is 106 cm³/mol. The van der Waals surface area contributed by atoms with E-state index in [4.69, 9.17) is 4.74 Å². The van der Waals surface area contributed by atoms with Crippen molar-refractivity contribution in [1.82, 2.24) is 5.32 Å². The molecule has 0 unspecified atom stereocenters. The van der Waals surface area contributed by atoms with Crippen LogP contribution in [0.2, 0.25) is 0 Å². The van der Waals surface area contributed by atoms with Gasteiger partial charge in [-0.15, -0.1) is 23.1 Å². The van der Waals surface area contributed by atoms with Crippen molar-refractivity contribution in [3.8, 4) is 6.07 Å². The van der Waals surface area contributed by atoms with Gasteiger partial charge in [-0.25, -0.2) is 0 Å². The number of nitrogens with zero attached hydrogens (tertiary/aromatic N) is 1. The number of hydrogen-bond acceptors (Lipinski definition) is 7. The van der Waals surface area contributed by atoms with Gasteiger partial charge in [0.05, 0.1) is 23.7 Å². The molecule has 0 bridgehead atoms. The van der Waals surface area contributed by atoms with Gasteiger partial charge >= 0.3 is 5.97 Å². The number of hydrogen-bond donors (Lipinski definition) is 2. The van der Waals surface area contributed by atoms with Crippen molar-refractivity contribution in [3.63, 3.8) is 0 Å². The summed E-state index contributed by atoms with van der Waals surface area (Å²) in [5, 5.41) is 16.7. The number of ether oxygens (including phenoxy) is 1. The predicted octanol–water partition coefficient (Wildman–Crippen LogP) is 3.01. The Morgan fingerprint density at radius 2 is 2.04 bits per heavy atom. The second kappa shape index (κ2) is 7.99. The summed E-state index contributed by atoms with van der Waals surface area (Å²) in [5.41, 5.74) is 1.17. The Morgan fingerprint density at radius 1 is 1.35 bits per heavy atom. The van der Waals surface area contributed by atoms with E-state index in [-0.39, 0.29) is 34.5 Å². The average molecular weight is 396 g/mol. The molecule has 2 heterocycles. The van der Waals surface area contributed by atoms with Crippen LogP contribution in [0.15, 0.2) is 0 Å². The van der Waals surface area contributed by atoms with Gasteiger partial charge < -0.3 is 15.4 Å². The van der Waals surface area contributed by atoms with Gasteiger partial charge in [0, 0.05) is 16.0 Å². The third-order valence-corrected chi connectivity index (χ3v) is 6.34. The van der Waals surface area contributed by atoms with E-state index >= 15 is 0 Å². The number of carbonyl (C=O) groups is 2. The summed E-state index contributed by atoms with van der Waals surface area (Å²) in [6.07, 6.45) is 0.735. The molecule has 1 aromatic heterocycles. The molecule has 26 heavy (non-hydrogen) atoms. The second-order valence-corrected chi connectivity index (χ2v) is 9.39. The molecule has 0 atom stereocenters. The van der Waals surface area contributed by atoms with Gasteiger partial charge in [0.1, 0.15) is 11.1 Å². The highest BCUT2D eigenvalue weighted by Crippen LogP contribution is 2.44. The van der Waals surface area contributed by atoms with Crippen molar-refractivity contribution in [1.29, 1.82) is 5.26 Å². The number of amides is 1. The van der Waals surface area contributed by atoms with Gasteiger partial charge in [-0.1, -0.05) is 0 Å². The second-order valence-electron chi connectivity index (χ2n) is 7.38. The molecule has 1 aliphatic rings. The first-order valence-electron chi connectivity index (χ1n) is 8.48. The summed E-state index contributed by atoms with van der Waals surface area (Å²) in [6, 6.07) is 2.26. The van der Waals surface area contributed by atoms with Gasteiger partial charge in [0.2, 0.25) is 5.91 Å². The molecule has 142 valence electrons. The van der Waals surface area contributed by atoms with Crippen LogP contribution in [0, 0.1) is 11.3 Å². The smallest absolute Gasteiger partial charge is 0.315 e. The number of nitriles is 1. The first-order valence-corrected chi connectivity index (χ1v) is 10.5. The Hall–Kier alpha value is -1.56. The van der Waals surface area contributed by atoms with Crippen LogP contribution >= 0.6 is 23.1 Å². The average Bonchev–Trinajstić information content (AvgIpc) is 2.83. The Balaban J connectivity index is 2.12. The van der Waals surface area contributed by atoms with Gasteiger partial charge in [-0.2, -0.15) is 5.26 Å². The van der Waals surface area contributed by atoms with Crippen LogP contribution in [-0.4, -0.2) is 35.5 Å². The first kappa shape index (κ1) is 20.7. The Morgan fingerprint density at radius 3 is 2.65 bits per heavy atom. The molecule has 1 aromatic rings. The summed E-state index contributed by atoms with van der Waals surface area (Å²) >= 11 is 2.65. The van der Waals surface area contributed by atoms with Crippen LogP contribution in [0.3, 0.4) is 0 Å². The fourth-order valence-electron chi connectivity index (χ4n) is 3.33. The van der Waals surface area contributed by atoms with Crippen LogP contribution in [0.25, 0.3) is 0 Å². The zero-order chi connectivity index (χ0) is 19.5. The number of fused-ring (bicyclic) bond motifs is 1. The molecular formula is C18H25N3O3S2. The van der Waals surface area contributed by atoms with Crippen LogP contribution in [0.1, 0.15) is 50.6 Å². The molecule has 0 aromatic carbocycles. The number of esters is 1. The summed E-state index contributed by atoms with van der Waals surface area (Å²) in [4.78, 5) is 24.6. The number of anilines is 1. The van der Waals surface area contributed by atoms with Gasteiger partial charge in [0.15, 0.2) is 0 Å². The quantitative estimate of drug-likeness (QED) is 0.720. The monoisotopic (exact) mass is 395 g/mol. The molecule has 6 nitrogen and oxygen atoms in total. The molecule has 0 fully saturated rings. The third kappa shape index (κ3) is 4.78. The lowest BCUT2D eigenvalue weighted by Gasteiger charge is -2.42. The fraction of sp³-hybridized carbons (Fsp3) is 0.611. The van der Waals surface area contributed by atoms with Crippen molar-refractivity contribution < 1.29 is 14.3 Å². The highest BCUT2D eigenvalue weighted by atomic mass is 32.2. The molecule has 2 rings (SSSR count). The van der Waals surface area contributed by atoms with Crippen LogP contribution < -0.4 is 10.6 Å². The minimum atomic E-state index is -0.329. The Labute approximate surface area is 162 Å². The van der Waals surface area contributed by atoms with Crippen molar-refractivity contribution in [2.45, 2.75) is 52.1 Å². The van der Waals surface area contributed by atoms with Crippen LogP contribution in [-0.2, 0) is 26.3 Å². The van der Waals surface area contributed by atoms with E-state index in [1.54, 1.807) is 6.92 Å². The van der Waals surface area contributed by atoms with Crippen molar-refractivity contribution in [2.75, 3.05) is 23.4 Å². The molecule has 8 heteroatoms. The molecule has 0 aliphatic carbocycles. The SMILES string of the molecule is CCOC(=O)CSCC(=O)Nc1sc2c(c1C#N)CC(C)(C)NC2(C)C. The topological polar surface area (TPSA) is 91.2 Å². The van der Waals surface area contributed by atoms with E-state index in [2.05, 4.69) is 44.4 Å². The zero-order valence-electron chi connectivity index (χ0n) is 15.8. The minimum Gasteiger partial charge on any atom is -0.465 e. The molecule has 1 aliphatic heterocycles. The van der Waals surface area contributed by atoms with E-state index in [1.165, 1.54) is 23.1 Å². The number of thiophene rings is 1. The molecule has 0 spiro atoms. The maximum atomic E-state index is 12.2. The maximum Gasteiger partial charge on any atom is 0.315 e. The summed E-state index contributed by atoms with van der Waals surface area (Å²) in [7, 11) is 0.